The number of nitrogens with one attached hydrogen (secondary N) is 1. The Balaban J connectivity index is 2.00. The van der Waals surface area contributed by atoms with Gasteiger partial charge < -0.3 is 9.88 Å². The zero-order valence-electron chi connectivity index (χ0n) is 11.6. The fourth-order valence-electron chi connectivity index (χ4n) is 2.44. The summed E-state index contributed by atoms with van der Waals surface area (Å²) in [7, 11) is 0. The highest BCUT2D eigenvalue weighted by Gasteiger charge is 2.14. The molecule has 0 aliphatic rings. The van der Waals surface area contributed by atoms with Gasteiger partial charge in [0, 0.05) is 23.1 Å². The summed E-state index contributed by atoms with van der Waals surface area (Å²) in [5.74, 6) is -0.112. The van der Waals surface area contributed by atoms with Crippen LogP contribution in [0.4, 0.5) is 5.69 Å². The number of aromatic nitrogens is 1. The van der Waals surface area contributed by atoms with Gasteiger partial charge in [0.1, 0.15) is 5.69 Å². The van der Waals surface area contributed by atoms with Crippen LogP contribution in [-0.4, -0.2) is 10.5 Å². The summed E-state index contributed by atoms with van der Waals surface area (Å²) in [5, 5.41) is 3.98. The summed E-state index contributed by atoms with van der Waals surface area (Å²) in [4.78, 5) is 12.5. The molecule has 0 atom stereocenters. The molecule has 0 spiro atoms. The number of carbonyl (C=O) groups is 1. The van der Waals surface area contributed by atoms with Crippen LogP contribution in [0.15, 0.2) is 73.3 Å². The first kappa shape index (κ1) is 13.2. The van der Waals surface area contributed by atoms with Crippen molar-refractivity contribution in [2.24, 2.45) is 0 Å². The van der Waals surface area contributed by atoms with Gasteiger partial charge >= 0.3 is 0 Å². The number of nitrogens with zero attached hydrogens (tertiary/aromatic N) is 1. The molecular formula is C18H16N2O. The minimum atomic E-state index is -0.112. The van der Waals surface area contributed by atoms with Crippen LogP contribution in [0.3, 0.4) is 0 Å². The lowest BCUT2D eigenvalue weighted by molar-refractivity contribution is 0.101. The average molecular weight is 276 g/mol. The van der Waals surface area contributed by atoms with Gasteiger partial charge in [0.15, 0.2) is 0 Å². The maximum atomic E-state index is 12.5. The molecule has 1 N–H and O–H groups in total. The van der Waals surface area contributed by atoms with E-state index in [1.54, 1.807) is 6.08 Å². The van der Waals surface area contributed by atoms with E-state index in [0.717, 1.165) is 16.6 Å². The molecule has 0 bridgehead atoms. The number of fused-ring (bicyclic) bond motifs is 1. The van der Waals surface area contributed by atoms with E-state index in [1.807, 2.05) is 65.2 Å². The van der Waals surface area contributed by atoms with Gasteiger partial charge in [-0.2, -0.15) is 0 Å². The molecule has 21 heavy (non-hydrogen) atoms. The first-order valence-corrected chi connectivity index (χ1v) is 6.85. The second-order valence-corrected chi connectivity index (χ2v) is 4.81. The van der Waals surface area contributed by atoms with Crippen molar-refractivity contribution in [3.63, 3.8) is 0 Å². The summed E-state index contributed by atoms with van der Waals surface area (Å²) >= 11 is 0. The summed E-state index contributed by atoms with van der Waals surface area (Å²) in [5.41, 5.74) is 2.47. The van der Waals surface area contributed by atoms with E-state index in [1.165, 1.54) is 0 Å². The highest BCUT2D eigenvalue weighted by molar-refractivity contribution is 6.06. The van der Waals surface area contributed by atoms with Crippen LogP contribution in [0.25, 0.3) is 10.9 Å². The Bertz CT molecular complexity index is 787. The topological polar surface area (TPSA) is 34.0 Å². The Morgan fingerprint density at radius 1 is 1.10 bits per heavy atom. The Kier molecular flexibility index (Phi) is 3.56. The minimum Gasteiger partial charge on any atom is -0.333 e. The molecule has 3 heteroatoms. The molecule has 0 saturated carbocycles. The standard InChI is InChI=1S/C18H16N2O/c1-2-12-20-16-11-7-6-8-14(16)13-17(20)18(21)19-15-9-4-3-5-10-15/h2-11,13H,1,12H2,(H,19,21). The Hall–Kier alpha value is -2.81. The second-order valence-electron chi connectivity index (χ2n) is 4.81. The van der Waals surface area contributed by atoms with Crippen molar-refractivity contribution in [3.8, 4) is 0 Å². The molecule has 0 aliphatic heterocycles. The fraction of sp³-hybridized carbons (Fsp3) is 0.0556. The van der Waals surface area contributed by atoms with E-state index in [9.17, 15) is 4.79 Å². The molecule has 0 saturated heterocycles. The number of para-hydroxylation sites is 2. The van der Waals surface area contributed by atoms with Crippen molar-refractivity contribution in [2.75, 3.05) is 5.32 Å². The number of benzene rings is 2. The van der Waals surface area contributed by atoms with Crippen LogP contribution in [0.2, 0.25) is 0 Å². The third-order valence-corrected chi connectivity index (χ3v) is 3.39. The summed E-state index contributed by atoms with van der Waals surface area (Å²) < 4.78 is 1.97. The quantitative estimate of drug-likeness (QED) is 0.716. The van der Waals surface area contributed by atoms with Crippen molar-refractivity contribution in [2.45, 2.75) is 6.54 Å². The zero-order valence-corrected chi connectivity index (χ0v) is 11.6. The summed E-state index contributed by atoms with van der Waals surface area (Å²) in [6.07, 6.45) is 1.80. The van der Waals surface area contributed by atoms with Gasteiger partial charge in [-0.25, -0.2) is 0 Å². The van der Waals surface area contributed by atoms with Crippen molar-refractivity contribution in [1.82, 2.24) is 4.57 Å². The van der Waals surface area contributed by atoms with Crippen molar-refractivity contribution in [3.05, 3.63) is 79.0 Å². The van der Waals surface area contributed by atoms with Gasteiger partial charge in [0.05, 0.1) is 0 Å². The lowest BCUT2D eigenvalue weighted by atomic mass is 10.2. The van der Waals surface area contributed by atoms with E-state index in [-0.39, 0.29) is 5.91 Å². The van der Waals surface area contributed by atoms with Crippen molar-refractivity contribution in [1.29, 1.82) is 0 Å². The molecule has 104 valence electrons. The maximum Gasteiger partial charge on any atom is 0.272 e. The van der Waals surface area contributed by atoms with Crippen molar-refractivity contribution < 1.29 is 4.79 Å². The molecule has 2 aromatic carbocycles. The highest BCUT2D eigenvalue weighted by atomic mass is 16.1. The molecule has 0 unspecified atom stereocenters. The third-order valence-electron chi connectivity index (χ3n) is 3.39. The fourth-order valence-corrected chi connectivity index (χ4v) is 2.44. The molecule has 0 fully saturated rings. The summed E-state index contributed by atoms with van der Waals surface area (Å²) in [6.45, 7) is 4.38. The number of hydrogen-bond acceptors (Lipinski definition) is 1. The van der Waals surface area contributed by atoms with E-state index >= 15 is 0 Å². The Morgan fingerprint density at radius 2 is 1.81 bits per heavy atom. The van der Waals surface area contributed by atoms with Gasteiger partial charge in [-0.15, -0.1) is 6.58 Å². The number of hydrogen-bond donors (Lipinski definition) is 1. The highest BCUT2D eigenvalue weighted by Crippen LogP contribution is 2.21. The molecule has 3 nitrogen and oxygen atoms in total. The molecule has 1 amide bonds. The molecular weight excluding hydrogens is 260 g/mol. The second kappa shape index (κ2) is 5.67. The Labute approximate surface area is 123 Å². The van der Waals surface area contributed by atoms with Crippen LogP contribution >= 0.6 is 0 Å². The lowest BCUT2D eigenvalue weighted by Crippen LogP contribution is -2.16. The molecule has 3 aromatic rings. The van der Waals surface area contributed by atoms with Gasteiger partial charge in [0.2, 0.25) is 0 Å². The smallest absolute Gasteiger partial charge is 0.272 e. The number of allylic oxidation sites excluding steroid dienone is 1. The molecule has 0 radical (unpaired) electrons. The minimum absolute atomic E-state index is 0.112. The molecule has 1 aromatic heterocycles. The van der Waals surface area contributed by atoms with Crippen LogP contribution in [0.5, 0.6) is 0 Å². The predicted octanol–water partition coefficient (Wildman–Crippen LogP) is 4.08. The van der Waals surface area contributed by atoms with Crippen LogP contribution in [0.1, 0.15) is 10.5 Å². The number of rotatable bonds is 4. The summed E-state index contributed by atoms with van der Waals surface area (Å²) in [6, 6.07) is 19.3. The van der Waals surface area contributed by atoms with Crippen LogP contribution in [-0.2, 0) is 6.54 Å². The first-order valence-electron chi connectivity index (χ1n) is 6.85. The van der Waals surface area contributed by atoms with E-state index in [2.05, 4.69) is 11.9 Å². The van der Waals surface area contributed by atoms with Crippen molar-refractivity contribution >= 4 is 22.5 Å². The van der Waals surface area contributed by atoms with Gasteiger partial charge in [-0.3, -0.25) is 4.79 Å². The van der Waals surface area contributed by atoms with E-state index in [0.29, 0.717) is 12.2 Å². The van der Waals surface area contributed by atoms with E-state index in [4.69, 9.17) is 0 Å². The predicted molar refractivity (Wildman–Crippen MR) is 86.5 cm³/mol. The van der Waals surface area contributed by atoms with E-state index < -0.39 is 0 Å². The monoisotopic (exact) mass is 276 g/mol. The SMILES string of the molecule is C=CCn1c(C(=O)Nc2ccccc2)cc2ccccc21. The van der Waals surface area contributed by atoms with Crippen LogP contribution in [0, 0.1) is 0 Å². The number of anilines is 1. The molecule has 1 heterocycles. The third kappa shape index (κ3) is 2.58. The molecule has 0 aliphatic carbocycles. The lowest BCUT2D eigenvalue weighted by Gasteiger charge is -2.09. The number of carbonyl (C=O) groups excluding carboxylic acids is 1. The maximum absolute atomic E-state index is 12.5. The molecule has 3 rings (SSSR count). The van der Waals surface area contributed by atoms with Gasteiger partial charge in [-0.1, -0.05) is 42.5 Å². The normalized spacial score (nSPS) is 10.5. The van der Waals surface area contributed by atoms with Gasteiger partial charge in [-0.05, 0) is 24.3 Å². The largest absolute Gasteiger partial charge is 0.333 e. The average Bonchev–Trinajstić information content (AvgIpc) is 2.88. The van der Waals surface area contributed by atoms with Gasteiger partial charge in [0.25, 0.3) is 5.91 Å². The number of amides is 1. The van der Waals surface area contributed by atoms with Crippen LogP contribution < -0.4 is 5.32 Å². The first-order chi connectivity index (χ1) is 10.3. The Morgan fingerprint density at radius 3 is 2.57 bits per heavy atom. The zero-order chi connectivity index (χ0) is 14.7.